The van der Waals surface area contributed by atoms with Crippen LogP contribution in [-0.2, 0) is 4.74 Å². The molecule has 1 heterocycles. The second-order valence-corrected chi connectivity index (χ2v) is 4.35. The maximum absolute atomic E-state index is 11.2. The molecule has 9 heteroatoms. The average Bonchev–Trinajstić information content (AvgIpc) is 2.46. The van der Waals surface area contributed by atoms with Gasteiger partial charge < -0.3 is 19.8 Å². The van der Waals surface area contributed by atoms with Gasteiger partial charge in [-0.1, -0.05) is 0 Å². The number of nitro groups is 1. The molecule has 2 rings (SSSR count). The van der Waals surface area contributed by atoms with Crippen molar-refractivity contribution in [3.05, 3.63) is 33.4 Å². The summed E-state index contributed by atoms with van der Waals surface area (Å²) in [7, 11) is 0. The van der Waals surface area contributed by atoms with Gasteiger partial charge in [0.2, 0.25) is 0 Å². The third kappa shape index (κ3) is 2.92. The molecule has 9 nitrogen and oxygen atoms in total. The summed E-state index contributed by atoms with van der Waals surface area (Å²) in [6.07, 6.45) is 0. The van der Waals surface area contributed by atoms with Gasteiger partial charge >= 0.3 is 11.9 Å². The smallest absolute Gasteiger partial charge is 0.336 e. The Bertz CT molecular complexity index is 608. The Morgan fingerprint density at radius 2 is 1.67 bits per heavy atom. The summed E-state index contributed by atoms with van der Waals surface area (Å²) in [4.78, 5) is 34.3. The van der Waals surface area contributed by atoms with Gasteiger partial charge in [-0.3, -0.25) is 10.1 Å². The van der Waals surface area contributed by atoms with Crippen molar-refractivity contribution in [1.82, 2.24) is 0 Å². The molecule has 1 aromatic carbocycles. The number of nitrogens with zero attached hydrogens (tertiary/aromatic N) is 2. The highest BCUT2D eigenvalue weighted by Crippen LogP contribution is 2.32. The van der Waals surface area contributed by atoms with E-state index in [0.717, 1.165) is 12.1 Å². The fourth-order valence-electron chi connectivity index (χ4n) is 2.13. The van der Waals surface area contributed by atoms with Crippen molar-refractivity contribution in [1.29, 1.82) is 0 Å². The normalized spacial score (nSPS) is 14.8. The fourth-order valence-corrected chi connectivity index (χ4v) is 2.13. The molecular formula is C12H12N2O7. The number of hydrogen-bond acceptors (Lipinski definition) is 6. The molecule has 112 valence electrons. The van der Waals surface area contributed by atoms with E-state index in [1.54, 1.807) is 4.90 Å². The quantitative estimate of drug-likeness (QED) is 0.617. The van der Waals surface area contributed by atoms with Crippen molar-refractivity contribution in [3.63, 3.8) is 0 Å². The van der Waals surface area contributed by atoms with Gasteiger partial charge in [0.1, 0.15) is 5.69 Å². The van der Waals surface area contributed by atoms with Crippen molar-refractivity contribution in [2.24, 2.45) is 0 Å². The predicted molar refractivity (Wildman–Crippen MR) is 70.0 cm³/mol. The van der Waals surface area contributed by atoms with Gasteiger partial charge in [0.15, 0.2) is 0 Å². The Morgan fingerprint density at radius 1 is 1.14 bits per heavy atom. The summed E-state index contributed by atoms with van der Waals surface area (Å²) >= 11 is 0. The molecule has 1 aliphatic heterocycles. The fraction of sp³-hybridized carbons (Fsp3) is 0.333. The van der Waals surface area contributed by atoms with Crippen LogP contribution in [0.4, 0.5) is 11.4 Å². The summed E-state index contributed by atoms with van der Waals surface area (Å²) < 4.78 is 5.14. The highest BCUT2D eigenvalue weighted by atomic mass is 16.6. The molecule has 1 aliphatic rings. The van der Waals surface area contributed by atoms with Crippen LogP contribution >= 0.6 is 0 Å². The highest BCUT2D eigenvalue weighted by Gasteiger charge is 2.28. The van der Waals surface area contributed by atoms with Gasteiger partial charge in [0, 0.05) is 19.2 Å². The van der Waals surface area contributed by atoms with E-state index in [1.165, 1.54) is 0 Å². The lowest BCUT2D eigenvalue weighted by Gasteiger charge is -2.28. The van der Waals surface area contributed by atoms with Crippen molar-refractivity contribution < 1.29 is 29.5 Å². The molecule has 21 heavy (non-hydrogen) atoms. The molecule has 2 N–H and O–H groups in total. The van der Waals surface area contributed by atoms with Gasteiger partial charge in [-0.25, -0.2) is 9.59 Å². The minimum Gasteiger partial charge on any atom is -0.478 e. The molecule has 0 radical (unpaired) electrons. The molecule has 0 spiro atoms. The first-order valence-electron chi connectivity index (χ1n) is 6.03. The van der Waals surface area contributed by atoms with E-state index in [-0.39, 0.29) is 5.69 Å². The van der Waals surface area contributed by atoms with Crippen LogP contribution in [0.25, 0.3) is 0 Å². The number of ether oxygens (including phenoxy) is 1. The second kappa shape index (κ2) is 5.75. The van der Waals surface area contributed by atoms with Gasteiger partial charge in [-0.15, -0.1) is 0 Å². The topological polar surface area (TPSA) is 130 Å². The number of aromatic carboxylic acids is 2. The van der Waals surface area contributed by atoms with Gasteiger partial charge in [0.25, 0.3) is 5.69 Å². The molecule has 0 amide bonds. The number of anilines is 1. The van der Waals surface area contributed by atoms with E-state index in [1.807, 2.05) is 0 Å². The van der Waals surface area contributed by atoms with E-state index >= 15 is 0 Å². The van der Waals surface area contributed by atoms with E-state index in [2.05, 4.69) is 0 Å². The number of nitro benzene ring substituents is 1. The molecule has 1 saturated heterocycles. The van der Waals surface area contributed by atoms with Crippen LogP contribution in [0.15, 0.2) is 12.1 Å². The molecule has 0 unspecified atom stereocenters. The standard InChI is InChI=1S/C12H12N2O7/c15-11(16)7-5-9(13-1-3-21-4-2-13)10(14(19)20)6-8(7)12(17)18/h5-6H,1-4H2,(H,15,16)(H,17,18). The minimum atomic E-state index is -1.52. The van der Waals surface area contributed by atoms with Gasteiger partial charge in [-0.05, 0) is 6.07 Å². The van der Waals surface area contributed by atoms with Crippen molar-refractivity contribution >= 4 is 23.3 Å². The lowest BCUT2D eigenvalue weighted by molar-refractivity contribution is -0.384. The second-order valence-electron chi connectivity index (χ2n) is 4.35. The first-order chi connectivity index (χ1) is 9.91. The number of carboxylic acid groups (broad SMARTS) is 2. The zero-order valence-electron chi connectivity index (χ0n) is 10.8. The van der Waals surface area contributed by atoms with Gasteiger partial charge in [-0.2, -0.15) is 0 Å². The molecule has 0 saturated carbocycles. The van der Waals surface area contributed by atoms with E-state index in [0.29, 0.717) is 26.3 Å². The maximum Gasteiger partial charge on any atom is 0.336 e. The number of hydrogen-bond donors (Lipinski definition) is 2. The number of carboxylic acids is 2. The Morgan fingerprint density at radius 3 is 2.14 bits per heavy atom. The van der Waals surface area contributed by atoms with Crippen LogP contribution in [-0.4, -0.2) is 53.4 Å². The lowest BCUT2D eigenvalue weighted by Crippen LogP contribution is -2.36. The van der Waals surface area contributed by atoms with Crippen LogP contribution in [0.5, 0.6) is 0 Å². The number of rotatable bonds is 4. The minimum absolute atomic E-state index is 0.0886. The third-order valence-electron chi connectivity index (χ3n) is 3.12. The molecular weight excluding hydrogens is 284 g/mol. The largest absolute Gasteiger partial charge is 0.478 e. The SMILES string of the molecule is O=C(O)c1cc(N2CCOCC2)c([N+](=O)[O-])cc1C(=O)O. The average molecular weight is 296 g/mol. The Hall–Kier alpha value is -2.68. The van der Waals surface area contributed by atoms with E-state index < -0.39 is 33.7 Å². The summed E-state index contributed by atoms with van der Waals surface area (Å²) in [5.74, 6) is -2.97. The summed E-state index contributed by atoms with van der Waals surface area (Å²) in [5, 5.41) is 29.2. The van der Waals surface area contributed by atoms with Crippen LogP contribution < -0.4 is 4.90 Å². The molecule has 1 fully saturated rings. The molecule has 1 aromatic rings. The number of benzene rings is 1. The van der Waals surface area contributed by atoms with Gasteiger partial charge in [0.05, 0.1) is 29.3 Å². The Labute approximate surface area is 118 Å². The number of carbonyl (C=O) groups is 2. The molecule has 0 aromatic heterocycles. The highest BCUT2D eigenvalue weighted by molar-refractivity contribution is 6.03. The van der Waals surface area contributed by atoms with Crippen LogP contribution in [0, 0.1) is 10.1 Å². The molecule has 0 bridgehead atoms. The Balaban J connectivity index is 2.61. The zero-order valence-corrected chi connectivity index (χ0v) is 10.8. The molecule has 0 aliphatic carbocycles. The Kier molecular flexibility index (Phi) is 4.03. The first kappa shape index (κ1) is 14.7. The first-order valence-corrected chi connectivity index (χ1v) is 6.03. The van der Waals surface area contributed by atoms with E-state index in [4.69, 9.17) is 14.9 Å². The maximum atomic E-state index is 11.2. The zero-order chi connectivity index (χ0) is 15.6. The van der Waals surface area contributed by atoms with Crippen molar-refractivity contribution in [2.75, 3.05) is 31.2 Å². The van der Waals surface area contributed by atoms with E-state index in [9.17, 15) is 19.7 Å². The number of morpholine rings is 1. The molecule has 0 atom stereocenters. The van der Waals surface area contributed by atoms with Crippen LogP contribution in [0.2, 0.25) is 0 Å². The van der Waals surface area contributed by atoms with Crippen molar-refractivity contribution in [2.45, 2.75) is 0 Å². The lowest BCUT2D eigenvalue weighted by atomic mass is 10.0. The van der Waals surface area contributed by atoms with Crippen LogP contribution in [0.3, 0.4) is 0 Å². The summed E-state index contributed by atoms with van der Waals surface area (Å²) in [6, 6.07) is 1.83. The van der Waals surface area contributed by atoms with Crippen LogP contribution in [0.1, 0.15) is 20.7 Å². The predicted octanol–water partition coefficient (Wildman–Crippen LogP) is 0.828. The third-order valence-corrected chi connectivity index (χ3v) is 3.12. The summed E-state index contributed by atoms with van der Waals surface area (Å²) in [6.45, 7) is 1.46. The monoisotopic (exact) mass is 296 g/mol. The summed E-state index contributed by atoms with van der Waals surface area (Å²) in [5.41, 5.74) is -1.43. The van der Waals surface area contributed by atoms with Crippen molar-refractivity contribution in [3.8, 4) is 0 Å².